The summed E-state index contributed by atoms with van der Waals surface area (Å²) in [4.78, 5) is 16.3. The molecule has 0 aliphatic rings. The van der Waals surface area contributed by atoms with E-state index in [4.69, 9.17) is 4.52 Å². The van der Waals surface area contributed by atoms with Crippen molar-refractivity contribution < 1.29 is 9.32 Å². The first-order valence-corrected chi connectivity index (χ1v) is 8.62. The van der Waals surface area contributed by atoms with Gasteiger partial charge in [0.25, 0.3) is 5.89 Å². The van der Waals surface area contributed by atoms with Crippen molar-refractivity contribution >= 4 is 17.8 Å². The van der Waals surface area contributed by atoms with Crippen LogP contribution in [0, 0.1) is 0 Å². The van der Waals surface area contributed by atoms with E-state index >= 15 is 0 Å². The van der Waals surface area contributed by atoms with Gasteiger partial charge in [-0.1, -0.05) is 23.4 Å². The summed E-state index contributed by atoms with van der Waals surface area (Å²) in [6, 6.07) is 8.94. The van der Waals surface area contributed by atoms with Gasteiger partial charge in [-0.25, -0.2) is 4.79 Å². The van der Waals surface area contributed by atoms with Crippen LogP contribution in [0.15, 0.2) is 34.9 Å². The number of nitrogens with zero attached hydrogens (tertiary/aromatic N) is 2. The van der Waals surface area contributed by atoms with Crippen LogP contribution in [0.5, 0.6) is 0 Å². The predicted molar refractivity (Wildman–Crippen MR) is 92.3 cm³/mol. The Kier molecular flexibility index (Phi) is 5.65. The lowest BCUT2D eigenvalue weighted by molar-refractivity contribution is 0.236. The molecule has 2 N–H and O–H groups in total. The zero-order valence-electron chi connectivity index (χ0n) is 13.8. The number of rotatable bonds is 6. The first kappa shape index (κ1) is 17.3. The maximum atomic E-state index is 11.9. The van der Waals surface area contributed by atoms with E-state index in [-0.39, 0.29) is 16.8 Å². The quantitative estimate of drug-likeness (QED) is 0.848. The van der Waals surface area contributed by atoms with Gasteiger partial charge in [-0.2, -0.15) is 16.7 Å². The molecule has 0 radical (unpaired) electrons. The molecule has 0 spiro atoms. The highest BCUT2D eigenvalue weighted by molar-refractivity contribution is 7.99. The van der Waals surface area contributed by atoms with E-state index in [2.05, 4.69) is 34.6 Å². The number of carbonyl (C=O) groups is 1. The summed E-state index contributed by atoms with van der Waals surface area (Å²) < 4.78 is 5.24. The van der Waals surface area contributed by atoms with Gasteiger partial charge in [-0.15, -0.1) is 0 Å². The number of urea groups is 1. The lowest BCUT2D eigenvalue weighted by Gasteiger charge is -2.22. The summed E-state index contributed by atoms with van der Waals surface area (Å²) in [5.41, 5.74) is 0.852. The van der Waals surface area contributed by atoms with Crippen molar-refractivity contribution in [3.05, 3.63) is 36.2 Å². The van der Waals surface area contributed by atoms with E-state index in [0.717, 1.165) is 5.56 Å². The molecule has 0 saturated heterocycles. The molecular weight excluding hydrogens is 312 g/mol. The molecule has 6 nitrogen and oxygen atoms in total. The topological polar surface area (TPSA) is 80.0 Å². The van der Waals surface area contributed by atoms with Gasteiger partial charge in [0, 0.05) is 16.9 Å². The number of hydrogen-bond donors (Lipinski definition) is 2. The predicted octanol–water partition coefficient (Wildman–Crippen LogP) is 3.24. The standard InChI is InChI=1S/C16H22N4O2S/c1-11(18-15(21)17-10-16(2,3)23-4)13-19-14(22-20-13)12-8-6-5-7-9-12/h5-9,11H,10H2,1-4H3,(H2,17,18,21)/t11-/m0/s1. The third-order valence-corrected chi connectivity index (χ3v) is 4.67. The van der Waals surface area contributed by atoms with E-state index in [1.54, 1.807) is 11.8 Å². The fourth-order valence-electron chi connectivity index (χ4n) is 1.79. The highest BCUT2D eigenvalue weighted by atomic mass is 32.2. The first-order valence-electron chi connectivity index (χ1n) is 7.40. The molecule has 0 fully saturated rings. The van der Waals surface area contributed by atoms with Gasteiger partial charge in [-0.05, 0) is 39.2 Å². The molecule has 2 aromatic rings. The number of amides is 2. The lowest BCUT2D eigenvalue weighted by Crippen LogP contribution is -2.43. The normalized spacial score (nSPS) is 12.7. The second-order valence-corrected chi connectivity index (χ2v) is 7.35. The van der Waals surface area contributed by atoms with Gasteiger partial charge >= 0.3 is 6.03 Å². The lowest BCUT2D eigenvalue weighted by atomic mass is 10.2. The average Bonchev–Trinajstić information content (AvgIpc) is 3.04. The zero-order valence-corrected chi connectivity index (χ0v) is 14.6. The molecule has 1 heterocycles. The number of thioether (sulfide) groups is 1. The highest BCUT2D eigenvalue weighted by Gasteiger charge is 2.20. The Morgan fingerprint density at radius 1 is 1.35 bits per heavy atom. The van der Waals surface area contributed by atoms with Gasteiger partial charge in [0.2, 0.25) is 0 Å². The Bertz CT molecular complexity index is 643. The Morgan fingerprint density at radius 3 is 2.70 bits per heavy atom. The van der Waals surface area contributed by atoms with Crippen LogP contribution in [0.3, 0.4) is 0 Å². The molecule has 2 amide bonds. The molecule has 7 heteroatoms. The number of carbonyl (C=O) groups excluding carboxylic acids is 1. The smallest absolute Gasteiger partial charge is 0.315 e. The molecule has 124 valence electrons. The molecule has 0 aliphatic heterocycles. The van der Waals surface area contributed by atoms with Gasteiger partial charge in [-0.3, -0.25) is 0 Å². The number of aromatic nitrogens is 2. The van der Waals surface area contributed by atoms with Crippen LogP contribution in [-0.4, -0.2) is 33.7 Å². The van der Waals surface area contributed by atoms with Crippen molar-refractivity contribution in [1.82, 2.24) is 20.8 Å². The molecule has 0 unspecified atom stereocenters. The van der Waals surface area contributed by atoms with E-state index in [9.17, 15) is 4.79 Å². The monoisotopic (exact) mass is 334 g/mol. The van der Waals surface area contributed by atoms with E-state index < -0.39 is 0 Å². The van der Waals surface area contributed by atoms with Crippen molar-refractivity contribution in [3.8, 4) is 11.5 Å². The molecule has 2 rings (SSSR count). The first-order chi connectivity index (χ1) is 10.9. The molecule has 1 atom stereocenters. The molecule has 0 aliphatic carbocycles. The Labute approximate surface area is 140 Å². The molecule has 1 aromatic carbocycles. The maximum absolute atomic E-state index is 11.9. The average molecular weight is 334 g/mol. The minimum Gasteiger partial charge on any atom is -0.337 e. The van der Waals surface area contributed by atoms with Crippen LogP contribution in [0.25, 0.3) is 11.5 Å². The number of nitrogens with one attached hydrogen (secondary N) is 2. The van der Waals surface area contributed by atoms with E-state index in [0.29, 0.717) is 18.3 Å². The van der Waals surface area contributed by atoms with Gasteiger partial charge in [0.05, 0.1) is 6.04 Å². The third-order valence-electron chi connectivity index (χ3n) is 3.42. The van der Waals surface area contributed by atoms with E-state index in [1.807, 2.05) is 43.5 Å². The highest BCUT2D eigenvalue weighted by Crippen LogP contribution is 2.20. The van der Waals surface area contributed by atoms with Crippen molar-refractivity contribution in [1.29, 1.82) is 0 Å². The van der Waals surface area contributed by atoms with Crippen LogP contribution in [0.4, 0.5) is 4.79 Å². The number of hydrogen-bond acceptors (Lipinski definition) is 5. The van der Waals surface area contributed by atoms with Crippen LogP contribution in [0.2, 0.25) is 0 Å². The summed E-state index contributed by atoms with van der Waals surface area (Å²) >= 11 is 1.70. The summed E-state index contributed by atoms with van der Waals surface area (Å²) in [7, 11) is 0. The minimum atomic E-state index is -0.339. The Morgan fingerprint density at radius 2 is 2.04 bits per heavy atom. The van der Waals surface area contributed by atoms with Gasteiger partial charge in [0.1, 0.15) is 0 Å². The molecule has 23 heavy (non-hydrogen) atoms. The molecule has 0 bridgehead atoms. The fourth-order valence-corrected chi connectivity index (χ4v) is 2.00. The maximum Gasteiger partial charge on any atom is 0.315 e. The zero-order chi connectivity index (χ0) is 16.9. The van der Waals surface area contributed by atoms with Crippen LogP contribution < -0.4 is 10.6 Å². The van der Waals surface area contributed by atoms with Crippen LogP contribution >= 0.6 is 11.8 Å². The Balaban J connectivity index is 1.92. The summed E-state index contributed by atoms with van der Waals surface area (Å²) in [6.07, 6.45) is 2.02. The fraction of sp³-hybridized carbons (Fsp3) is 0.438. The number of benzene rings is 1. The molecule has 0 saturated carbocycles. The van der Waals surface area contributed by atoms with Crippen LogP contribution in [-0.2, 0) is 0 Å². The summed E-state index contributed by atoms with van der Waals surface area (Å²) in [6.45, 7) is 6.55. The van der Waals surface area contributed by atoms with E-state index in [1.165, 1.54) is 0 Å². The molecular formula is C16H22N4O2S. The third kappa shape index (κ3) is 4.99. The van der Waals surface area contributed by atoms with Crippen LogP contribution in [0.1, 0.15) is 32.6 Å². The van der Waals surface area contributed by atoms with Gasteiger partial charge < -0.3 is 15.2 Å². The SMILES string of the molecule is CSC(C)(C)CNC(=O)N[C@@H](C)c1noc(-c2ccccc2)n1. The summed E-state index contributed by atoms with van der Waals surface area (Å²) in [5, 5.41) is 9.61. The second kappa shape index (κ2) is 7.50. The Hall–Kier alpha value is -2.02. The summed E-state index contributed by atoms with van der Waals surface area (Å²) in [5.74, 6) is 0.890. The largest absolute Gasteiger partial charge is 0.337 e. The van der Waals surface area contributed by atoms with Crippen molar-refractivity contribution in [2.24, 2.45) is 0 Å². The van der Waals surface area contributed by atoms with Crippen molar-refractivity contribution in [2.45, 2.75) is 31.6 Å². The molecule has 1 aromatic heterocycles. The van der Waals surface area contributed by atoms with Gasteiger partial charge in [0.15, 0.2) is 5.82 Å². The minimum absolute atomic E-state index is 0.00675. The van der Waals surface area contributed by atoms with Crippen molar-refractivity contribution in [2.75, 3.05) is 12.8 Å². The second-order valence-electron chi connectivity index (χ2n) is 5.84. The van der Waals surface area contributed by atoms with Crippen molar-refractivity contribution in [3.63, 3.8) is 0 Å².